The van der Waals surface area contributed by atoms with Crippen LogP contribution in [0.1, 0.15) is 10.6 Å². The summed E-state index contributed by atoms with van der Waals surface area (Å²) in [5.41, 5.74) is 2.34. The first-order valence-electron chi connectivity index (χ1n) is 5.96. The van der Waals surface area contributed by atoms with E-state index in [1.807, 2.05) is 12.1 Å². The fourth-order valence-corrected chi connectivity index (χ4v) is 3.44. The molecule has 0 aliphatic rings. The summed E-state index contributed by atoms with van der Waals surface area (Å²) >= 11 is 3.45. The van der Waals surface area contributed by atoms with Crippen molar-refractivity contribution < 1.29 is 4.74 Å². The normalized spacial score (nSPS) is 10.6. The van der Waals surface area contributed by atoms with Crippen molar-refractivity contribution in [2.45, 2.75) is 6.42 Å². The molecule has 3 aromatic rings. The average Bonchev–Trinajstić information content (AvgIpc) is 3.10. The van der Waals surface area contributed by atoms with Crippen LogP contribution in [0.4, 0.5) is 0 Å². The van der Waals surface area contributed by atoms with Crippen molar-refractivity contribution in [3.63, 3.8) is 0 Å². The van der Waals surface area contributed by atoms with E-state index < -0.39 is 0 Å². The lowest BCUT2D eigenvalue weighted by atomic mass is 10.1. The van der Waals surface area contributed by atoms with E-state index in [0.717, 1.165) is 22.9 Å². The molecule has 0 saturated heterocycles. The highest BCUT2D eigenvalue weighted by Gasteiger charge is 2.06. The van der Waals surface area contributed by atoms with Crippen LogP contribution < -0.4 is 4.74 Å². The van der Waals surface area contributed by atoms with Gasteiger partial charge < -0.3 is 4.74 Å². The molecule has 0 amide bonds. The Morgan fingerprint density at radius 2 is 1.95 bits per heavy atom. The first-order chi connectivity index (χ1) is 9.35. The van der Waals surface area contributed by atoms with Crippen LogP contribution >= 0.6 is 22.7 Å². The summed E-state index contributed by atoms with van der Waals surface area (Å²) in [5, 5.41) is 5.36. The van der Waals surface area contributed by atoms with E-state index >= 15 is 0 Å². The molecule has 96 valence electrons. The number of rotatable bonds is 4. The maximum atomic E-state index is 5.16. The van der Waals surface area contributed by atoms with Gasteiger partial charge in [0.2, 0.25) is 0 Å². The lowest BCUT2D eigenvalue weighted by Gasteiger charge is -2.01. The van der Waals surface area contributed by atoms with Crippen LogP contribution in [0.3, 0.4) is 0 Å². The fourth-order valence-electron chi connectivity index (χ4n) is 1.85. The predicted molar refractivity (Wildman–Crippen MR) is 81.2 cm³/mol. The van der Waals surface area contributed by atoms with Gasteiger partial charge in [-0.3, -0.25) is 0 Å². The molecule has 0 saturated carbocycles. The highest BCUT2D eigenvalue weighted by Crippen LogP contribution is 2.27. The number of thiazole rings is 1. The van der Waals surface area contributed by atoms with E-state index in [4.69, 9.17) is 4.74 Å². The van der Waals surface area contributed by atoms with Crippen LogP contribution in [0.5, 0.6) is 5.75 Å². The van der Waals surface area contributed by atoms with Gasteiger partial charge >= 0.3 is 0 Å². The Balaban J connectivity index is 1.76. The molecule has 0 N–H and O–H groups in total. The zero-order chi connectivity index (χ0) is 13.1. The van der Waals surface area contributed by atoms with Crippen LogP contribution in [0.15, 0.2) is 47.2 Å². The molecule has 19 heavy (non-hydrogen) atoms. The number of nitrogens with zero attached hydrogens (tertiary/aromatic N) is 1. The van der Waals surface area contributed by atoms with Gasteiger partial charge in [-0.2, -0.15) is 0 Å². The lowest BCUT2D eigenvalue weighted by molar-refractivity contribution is 0.414. The third-order valence-corrected chi connectivity index (χ3v) is 4.58. The molecular formula is C15H13NOS2. The van der Waals surface area contributed by atoms with Crippen molar-refractivity contribution >= 4 is 22.7 Å². The number of thiophene rings is 1. The maximum Gasteiger partial charge on any atom is 0.118 e. The summed E-state index contributed by atoms with van der Waals surface area (Å²) in [6.45, 7) is 0. The van der Waals surface area contributed by atoms with E-state index in [2.05, 4.69) is 40.0 Å². The van der Waals surface area contributed by atoms with Crippen molar-refractivity contribution in [2.24, 2.45) is 0 Å². The smallest absolute Gasteiger partial charge is 0.118 e. The second-order valence-corrected chi connectivity index (χ2v) is 6.02. The monoisotopic (exact) mass is 287 g/mol. The molecule has 2 nitrogen and oxygen atoms in total. The van der Waals surface area contributed by atoms with Crippen LogP contribution in [-0.2, 0) is 6.42 Å². The summed E-state index contributed by atoms with van der Waals surface area (Å²) in [6.07, 6.45) is 0.875. The standard InChI is InChI=1S/C15H13NOS2/c1-17-12-6-4-11(5-7-12)9-15-16-13(10-19-15)14-3-2-8-18-14/h2-8,10H,9H2,1H3. The Morgan fingerprint density at radius 3 is 2.63 bits per heavy atom. The second-order valence-electron chi connectivity index (χ2n) is 4.13. The molecule has 2 aromatic heterocycles. The fraction of sp³-hybridized carbons (Fsp3) is 0.133. The molecule has 0 aliphatic heterocycles. The molecule has 0 unspecified atom stereocenters. The number of methoxy groups -OCH3 is 1. The minimum Gasteiger partial charge on any atom is -0.497 e. The van der Waals surface area contributed by atoms with Gasteiger partial charge in [0.15, 0.2) is 0 Å². The van der Waals surface area contributed by atoms with Crippen molar-refractivity contribution in [1.29, 1.82) is 0 Å². The minimum absolute atomic E-state index is 0.875. The van der Waals surface area contributed by atoms with Gasteiger partial charge in [-0.15, -0.1) is 22.7 Å². The number of hydrogen-bond donors (Lipinski definition) is 0. The molecule has 3 rings (SSSR count). The van der Waals surface area contributed by atoms with E-state index in [1.165, 1.54) is 10.4 Å². The van der Waals surface area contributed by atoms with Crippen LogP contribution in [0, 0.1) is 0 Å². The topological polar surface area (TPSA) is 22.1 Å². The second kappa shape index (κ2) is 5.55. The third-order valence-electron chi connectivity index (χ3n) is 2.84. The summed E-state index contributed by atoms with van der Waals surface area (Å²) in [5.74, 6) is 0.891. The highest BCUT2D eigenvalue weighted by molar-refractivity contribution is 7.14. The van der Waals surface area contributed by atoms with Gasteiger partial charge in [0.25, 0.3) is 0 Å². The highest BCUT2D eigenvalue weighted by atomic mass is 32.1. The zero-order valence-corrected chi connectivity index (χ0v) is 12.1. The van der Waals surface area contributed by atoms with E-state index in [-0.39, 0.29) is 0 Å². The Hall–Kier alpha value is -1.65. The summed E-state index contributed by atoms with van der Waals surface area (Å²) < 4.78 is 5.16. The number of ether oxygens (including phenoxy) is 1. The van der Waals surface area contributed by atoms with Gasteiger partial charge in [0.1, 0.15) is 5.75 Å². The Morgan fingerprint density at radius 1 is 1.11 bits per heavy atom. The van der Waals surface area contributed by atoms with Crippen molar-refractivity contribution in [2.75, 3.05) is 7.11 Å². The summed E-state index contributed by atoms with van der Waals surface area (Å²) in [6, 6.07) is 12.3. The third kappa shape index (κ3) is 2.85. The van der Waals surface area contributed by atoms with E-state index in [1.54, 1.807) is 29.8 Å². The molecule has 0 atom stereocenters. The quantitative estimate of drug-likeness (QED) is 0.706. The number of aromatic nitrogens is 1. The average molecular weight is 287 g/mol. The number of benzene rings is 1. The Kier molecular flexibility index (Phi) is 3.62. The predicted octanol–water partition coefficient (Wildman–Crippen LogP) is 4.47. The molecule has 0 bridgehead atoms. The van der Waals surface area contributed by atoms with Crippen LogP contribution in [0.25, 0.3) is 10.6 Å². The molecule has 0 fully saturated rings. The van der Waals surface area contributed by atoms with Crippen molar-refractivity contribution in [3.05, 3.63) is 57.7 Å². The van der Waals surface area contributed by atoms with E-state index in [9.17, 15) is 0 Å². The molecular weight excluding hydrogens is 274 g/mol. The lowest BCUT2D eigenvalue weighted by Crippen LogP contribution is -1.88. The van der Waals surface area contributed by atoms with Gasteiger partial charge in [0.05, 0.1) is 22.7 Å². The molecule has 0 radical (unpaired) electrons. The van der Waals surface area contributed by atoms with Crippen LogP contribution in [-0.4, -0.2) is 12.1 Å². The first kappa shape index (κ1) is 12.4. The zero-order valence-electron chi connectivity index (χ0n) is 10.5. The summed E-state index contributed by atoms with van der Waals surface area (Å²) in [7, 11) is 1.68. The maximum absolute atomic E-state index is 5.16. The van der Waals surface area contributed by atoms with Crippen LogP contribution in [0.2, 0.25) is 0 Å². The van der Waals surface area contributed by atoms with Crippen molar-refractivity contribution in [1.82, 2.24) is 4.98 Å². The Labute approximate surface area is 120 Å². The van der Waals surface area contributed by atoms with Gasteiger partial charge in [-0.05, 0) is 29.1 Å². The summed E-state index contributed by atoms with van der Waals surface area (Å²) in [4.78, 5) is 5.92. The molecule has 0 aliphatic carbocycles. The molecule has 4 heteroatoms. The molecule has 2 heterocycles. The first-order valence-corrected chi connectivity index (χ1v) is 7.72. The molecule has 1 aromatic carbocycles. The molecule has 0 spiro atoms. The van der Waals surface area contributed by atoms with Crippen molar-refractivity contribution in [3.8, 4) is 16.3 Å². The number of hydrogen-bond acceptors (Lipinski definition) is 4. The van der Waals surface area contributed by atoms with Gasteiger partial charge in [-0.1, -0.05) is 18.2 Å². The van der Waals surface area contributed by atoms with Gasteiger partial charge in [0, 0.05) is 11.8 Å². The minimum atomic E-state index is 0.875. The SMILES string of the molecule is COc1ccc(Cc2nc(-c3cccs3)cs2)cc1. The Bertz CT molecular complexity index is 641. The van der Waals surface area contributed by atoms with E-state index in [0.29, 0.717) is 0 Å². The largest absolute Gasteiger partial charge is 0.497 e. The van der Waals surface area contributed by atoms with Gasteiger partial charge in [-0.25, -0.2) is 4.98 Å².